The summed E-state index contributed by atoms with van der Waals surface area (Å²) in [5.41, 5.74) is 0.936. The number of benzene rings is 1. The number of likely N-dealkylation sites (N-methyl/N-ethyl adjacent to an activating group) is 1. The van der Waals surface area contributed by atoms with Gasteiger partial charge < -0.3 is 10.0 Å². The van der Waals surface area contributed by atoms with Crippen LogP contribution in [0, 0.1) is 7.05 Å². The molecule has 2 nitrogen and oxygen atoms in total. The molecule has 0 unspecified atom stereocenters. The highest BCUT2D eigenvalue weighted by atomic mass is 16.3. The smallest absolute Gasteiger partial charge is 0.0918 e. The molecule has 13 heavy (non-hydrogen) atoms. The van der Waals surface area contributed by atoms with Crippen LogP contribution in [0.1, 0.15) is 18.6 Å². The summed E-state index contributed by atoms with van der Waals surface area (Å²) in [6.07, 6.45) is -0.469. The van der Waals surface area contributed by atoms with E-state index in [-0.39, 0.29) is 6.04 Å². The molecular formula is C11H16NO-. The third-order valence-corrected chi connectivity index (χ3v) is 2.29. The Kier molecular flexibility index (Phi) is 3.46. The average molecular weight is 178 g/mol. The van der Waals surface area contributed by atoms with Gasteiger partial charge in [0.25, 0.3) is 0 Å². The predicted molar refractivity (Wildman–Crippen MR) is 54.0 cm³/mol. The first-order valence-electron chi connectivity index (χ1n) is 4.39. The highest BCUT2D eigenvalue weighted by molar-refractivity contribution is 5.18. The van der Waals surface area contributed by atoms with Gasteiger partial charge in [-0.2, -0.15) is 0 Å². The van der Waals surface area contributed by atoms with E-state index in [4.69, 9.17) is 0 Å². The zero-order chi connectivity index (χ0) is 9.84. The van der Waals surface area contributed by atoms with E-state index in [2.05, 4.69) is 7.05 Å². The molecule has 0 heterocycles. The summed E-state index contributed by atoms with van der Waals surface area (Å²) < 4.78 is 0. The molecule has 1 N–H and O–H groups in total. The van der Waals surface area contributed by atoms with Crippen LogP contribution in [0.25, 0.3) is 0 Å². The largest absolute Gasteiger partial charge is 0.457 e. The molecule has 72 valence electrons. The molecule has 0 saturated carbocycles. The Morgan fingerprint density at radius 3 is 2.31 bits per heavy atom. The summed E-state index contributed by atoms with van der Waals surface area (Å²) in [5, 5.41) is 9.88. The third kappa shape index (κ3) is 2.54. The van der Waals surface area contributed by atoms with Gasteiger partial charge in [0.05, 0.1) is 6.10 Å². The first-order valence-corrected chi connectivity index (χ1v) is 4.39. The topological polar surface area (TPSA) is 23.5 Å². The van der Waals surface area contributed by atoms with E-state index in [9.17, 15) is 5.11 Å². The van der Waals surface area contributed by atoms with E-state index in [1.54, 1.807) is 4.90 Å². The van der Waals surface area contributed by atoms with Gasteiger partial charge in [-0.05, 0) is 19.5 Å². The standard InChI is InChI=1S/C11H16NO/c1-9(12(2)3)11(13)10-7-5-4-6-8-10/h4-9,11,13H,2H2,1,3H3/q-1/t9-,11-/m0/s1. The van der Waals surface area contributed by atoms with Gasteiger partial charge >= 0.3 is 0 Å². The summed E-state index contributed by atoms with van der Waals surface area (Å²) in [6.45, 7) is 1.95. The first-order chi connectivity index (χ1) is 6.13. The molecule has 2 heteroatoms. The fourth-order valence-corrected chi connectivity index (χ4v) is 1.17. The maximum Gasteiger partial charge on any atom is 0.0918 e. The van der Waals surface area contributed by atoms with Gasteiger partial charge in [0.1, 0.15) is 0 Å². The molecule has 2 atom stereocenters. The molecule has 0 fully saturated rings. The number of hydrogen-bond donors (Lipinski definition) is 1. The zero-order valence-corrected chi connectivity index (χ0v) is 8.14. The van der Waals surface area contributed by atoms with Gasteiger partial charge in [-0.3, -0.25) is 7.05 Å². The number of aliphatic hydroxyl groups excluding tert-OH is 1. The van der Waals surface area contributed by atoms with Gasteiger partial charge in [-0.1, -0.05) is 30.3 Å². The molecule has 0 aliphatic heterocycles. The van der Waals surface area contributed by atoms with Crippen LogP contribution >= 0.6 is 0 Å². The quantitative estimate of drug-likeness (QED) is 0.714. The van der Waals surface area contributed by atoms with Crippen molar-refractivity contribution in [3.63, 3.8) is 0 Å². The van der Waals surface area contributed by atoms with Crippen molar-refractivity contribution >= 4 is 0 Å². The minimum Gasteiger partial charge on any atom is -0.457 e. The molecule has 0 saturated heterocycles. The minimum absolute atomic E-state index is 0.0300. The fourth-order valence-electron chi connectivity index (χ4n) is 1.17. The zero-order valence-electron chi connectivity index (χ0n) is 8.14. The molecule has 0 radical (unpaired) electrons. The minimum atomic E-state index is -0.469. The van der Waals surface area contributed by atoms with Crippen molar-refractivity contribution in [3.05, 3.63) is 42.9 Å². The second kappa shape index (κ2) is 4.40. The van der Waals surface area contributed by atoms with Gasteiger partial charge in [0.2, 0.25) is 0 Å². The Labute approximate surface area is 79.8 Å². The molecule has 0 bridgehead atoms. The van der Waals surface area contributed by atoms with Crippen molar-refractivity contribution in [2.24, 2.45) is 0 Å². The first kappa shape index (κ1) is 10.2. The molecule has 0 aromatic heterocycles. The maximum atomic E-state index is 9.88. The van der Waals surface area contributed by atoms with Gasteiger partial charge in [0.15, 0.2) is 0 Å². The fraction of sp³-hybridized carbons (Fsp3) is 0.364. The van der Waals surface area contributed by atoms with Crippen molar-refractivity contribution < 1.29 is 5.11 Å². The van der Waals surface area contributed by atoms with E-state index in [1.807, 2.05) is 44.3 Å². The number of hydrogen-bond acceptors (Lipinski definition) is 2. The van der Waals surface area contributed by atoms with Crippen molar-refractivity contribution in [2.45, 2.75) is 19.1 Å². The lowest BCUT2D eigenvalue weighted by molar-refractivity contribution is 0.0936. The van der Waals surface area contributed by atoms with Gasteiger partial charge in [0, 0.05) is 6.04 Å². The van der Waals surface area contributed by atoms with E-state index >= 15 is 0 Å². The van der Waals surface area contributed by atoms with E-state index < -0.39 is 6.10 Å². The molecule has 0 spiro atoms. The molecule has 1 rings (SSSR count). The predicted octanol–water partition coefficient (Wildman–Crippen LogP) is 1.83. The van der Waals surface area contributed by atoms with Gasteiger partial charge in [-0.15, -0.1) is 0 Å². The van der Waals surface area contributed by atoms with Crippen LogP contribution < -0.4 is 0 Å². The number of nitrogens with zero attached hydrogens (tertiary/aromatic N) is 1. The Morgan fingerprint density at radius 2 is 1.85 bits per heavy atom. The van der Waals surface area contributed by atoms with Crippen LogP contribution in [0.3, 0.4) is 0 Å². The second-order valence-corrected chi connectivity index (χ2v) is 3.35. The Bertz CT molecular complexity index is 246. The molecule has 1 aromatic carbocycles. The van der Waals surface area contributed by atoms with Crippen molar-refractivity contribution in [1.82, 2.24) is 4.90 Å². The molecule has 1 aromatic rings. The lowest BCUT2D eigenvalue weighted by Crippen LogP contribution is -2.29. The molecule has 0 aliphatic carbocycles. The summed E-state index contributed by atoms with van der Waals surface area (Å²) in [5.74, 6) is 0. The van der Waals surface area contributed by atoms with Crippen molar-refractivity contribution in [1.29, 1.82) is 0 Å². The van der Waals surface area contributed by atoms with Crippen LogP contribution in [0.2, 0.25) is 0 Å². The van der Waals surface area contributed by atoms with Crippen LogP contribution in [-0.4, -0.2) is 23.1 Å². The van der Waals surface area contributed by atoms with E-state index in [1.165, 1.54) is 0 Å². The summed E-state index contributed by atoms with van der Waals surface area (Å²) in [6, 6.07) is 9.66. The lowest BCUT2D eigenvalue weighted by atomic mass is 10.0. The molecular weight excluding hydrogens is 162 g/mol. The molecule has 0 aliphatic rings. The van der Waals surface area contributed by atoms with Crippen molar-refractivity contribution in [2.75, 3.05) is 7.05 Å². The summed E-state index contributed by atoms with van der Waals surface area (Å²) in [4.78, 5) is 1.76. The molecule has 0 amide bonds. The van der Waals surface area contributed by atoms with Crippen LogP contribution in [0.5, 0.6) is 0 Å². The van der Waals surface area contributed by atoms with Crippen molar-refractivity contribution in [3.8, 4) is 0 Å². The van der Waals surface area contributed by atoms with Crippen LogP contribution in [-0.2, 0) is 0 Å². The number of aliphatic hydroxyl groups is 1. The highest BCUT2D eigenvalue weighted by Gasteiger charge is 2.14. The lowest BCUT2D eigenvalue weighted by Gasteiger charge is -2.31. The van der Waals surface area contributed by atoms with E-state index in [0.29, 0.717) is 0 Å². The maximum absolute atomic E-state index is 9.88. The SMILES string of the molecule is [CH2-]N(C)[C@@H](C)[C@H](O)c1ccccc1. The highest BCUT2D eigenvalue weighted by Crippen LogP contribution is 2.18. The second-order valence-electron chi connectivity index (χ2n) is 3.35. The Morgan fingerprint density at radius 1 is 1.31 bits per heavy atom. The van der Waals surface area contributed by atoms with Crippen LogP contribution in [0.4, 0.5) is 0 Å². The third-order valence-electron chi connectivity index (χ3n) is 2.29. The summed E-state index contributed by atoms with van der Waals surface area (Å²) in [7, 11) is 5.62. The normalized spacial score (nSPS) is 15.8. The average Bonchev–Trinajstić information content (AvgIpc) is 2.17. The Balaban J connectivity index is 2.73. The number of rotatable bonds is 3. The summed E-state index contributed by atoms with van der Waals surface area (Å²) >= 11 is 0. The van der Waals surface area contributed by atoms with E-state index in [0.717, 1.165) is 5.56 Å². The Hall–Kier alpha value is -0.860. The van der Waals surface area contributed by atoms with Crippen LogP contribution in [0.15, 0.2) is 30.3 Å². The monoisotopic (exact) mass is 178 g/mol. The van der Waals surface area contributed by atoms with Gasteiger partial charge in [-0.25, -0.2) is 0 Å².